The maximum absolute atomic E-state index is 4.72. The van der Waals surface area contributed by atoms with Gasteiger partial charge in [-0.2, -0.15) is 5.10 Å². The van der Waals surface area contributed by atoms with E-state index in [4.69, 9.17) is 5.10 Å². The molecule has 0 atom stereocenters. The molecule has 0 aliphatic carbocycles. The molecule has 1 fully saturated rings. The number of hydrazone groups is 1. The van der Waals surface area contributed by atoms with E-state index >= 15 is 0 Å². The third kappa shape index (κ3) is 4.49. The van der Waals surface area contributed by atoms with E-state index in [1.807, 2.05) is 6.21 Å². The van der Waals surface area contributed by atoms with Gasteiger partial charge >= 0.3 is 0 Å². The summed E-state index contributed by atoms with van der Waals surface area (Å²) in [7, 11) is 0. The third-order valence-corrected chi connectivity index (χ3v) is 5.50. The minimum atomic E-state index is 0.380. The quantitative estimate of drug-likeness (QED) is 0.683. The highest BCUT2D eigenvalue weighted by molar-refractivity contribution is 5.79. The van der Waals surface area contributed by atoms with Crippen molar-refractivity contribution in [1.29, 1.82) is 0 Å². The fourth-order valence-corrected chi connectivity index (χ4v) is 3.94. The summed E-state index contributed by atoms with van der Waals surface area (Å²) in [4.78, 5) is 1.61. The van der Waals surface area contributed by atoms with Crippen LogP contribution in [0.25, 0.3) is 0 Å². The zero-order valence-corrected chi connectivity index (χ0v) is 16.5. The van der Waals surface area contributed by atoms with Gasteiger partial charge in [0.1, 0.15) is 6.04 Å². The highest BCUT2D eigenvalue weighted by atomic mass is 15.5. The zero-order valence-electron chi connectivity index (χ0n) is 16.5. The number of nitrogens with zero attached hydrogens (tertiary/aromatic N) is 2. The smallest absolute Gasteiger partial charge is 0.139 e. The van der Waals surface area contributed by atoms with E-state index in [2.05, 4.69) is 96.9 Å². The number of rotatable bonds is 5. The molecule has 0 amide bonds. The maximum atomic E-state index is 4.72. The van der Waals surface area contributed by atoms with Crippen molar-refractivity contribution in [3.8, 4) is 0 Å². The second-order valence-corrected chi connectivity index (χ2v) is 7.52. The van der Waals surface area contributed by atoms with Gasteiger partial charge in [-0.1, -0.05) is 90.5 Å². The predicted octanol–water partition coefficient (Wildman–Crippen LogP) is 3.32. The molecule has 0 radical (unpaired) electrons. The third-order valence-electron chi connectivity index (χ3n) is 5.50. The van der Waals surface area contributed by atoms with E-state index in [0.717, 1.165) is 31.7 Å². The van der Waals surface area contributed by atoms with Gasteiger partial charge in [0.2, 0.25) is 0 Å². The van der Waals surface area contributed by atoms with E-state index in [1.54, 1.807) is 4.90 Å². The molecule has 28 heavy (non-hydrogen) atoms. The van der Waals surface area contributed by atoms with Crippen LogP contribution in [-0.4, -0.2) is 37.4 Å². The van der Waals surface area contributed by atoms with E-state index in [9.17, 15) is 0 Å². The largest absolute Gasteiger partial charge is 0.322 e. The first-order chi connectivity index (χ1) is 13.8. The van der Waals surface area contributed by atoms with E-state index < -0.39 is 0 Å². The van der Waals surface area contributed by atoms with Gasteiger partial charge in [0.05, 0.1) is 32.4 Å². The zero-order chi connectivity index (χ0) is 19.2. The Balaban J connectivity index is 1.45. The Bertz CT molecular complexity index is 841. The Morgan fingerprint density at radius 3 is 1.86 bits per heavy atom. The Morgan fingerprint density at radius 2 is 1.32 bits per heavy atom. The molecular formula is C25H28N3+. The fraction of sp³-hybridized carbons (Fsp3) is 0.240. The van der Waals surface area contributed by atoms with Gasteiger partial charge in [-0.3, -0.25) is 5.01 Å². The van der Waals surface area contributed by atoms with E-state index in [1.165, 1.54) is 16.7 Å². The van der Waals surface area contributed by atoms with Gasteiger partial charge in [-0.25, -0.2) is 0 Å². The minimum absolute atomic E-state index is 0.380. The number of nitrogens with one attached hydrogen (secondary N) is 1. The summed E-state index contributed by atoms with van der Waals surface area (Å²) in [5, 5.41) is 6.92. The number of hydrogen-bond acceptors (Lipinski definition) is 2. The molecule has 0 aromatic heterocycles. The van der Waals surface area contributed by atoms with Crippen LogP contribution in [0.3, 0.4) is 0 Å². The molecular weight excluding hydrogens is 342 g/mol. The van der Waals surface area contributed by atoms with Crippen LogP contribution in [0.2, 0.25) is 0 Å². The lowest BCUT2D eigenvalue weighted by molar-refractivity contribution is -0.929. The van der Waals surface area contributed by atoms with Crippen molar-refractivity contribution < 1.29 is 4.90 Å². The summed E-state index contributed by atoms with van der Waals surface area (Å²) in [5.74, 6) is 0. The molecule has 0 spiro atoms. The van der Waals surface area contributed by atoms with Crippen molar-refractivity contribution >= 4 is 6.21 Å². The first kappa shape index (κ1) is 18.5. The minimum Gasteiger partial charge on any atom is -0.322 e. The van der Waals surface area contributed by atoms with Crippen LogP contribution < -0.4 is 4.90 Å². The fourth-order valence-electron chi connectivity index (χ4n) is 3.94. The van der Waals surface area contributed by atoms with Crippen molar-refractivity contribution in [3.63, 3.8) is 0 Å². The first-order valence-corrected chi connectivity index (χ1v) is 10.1. The molecule has 3 aromatic carbocycles. The molecule has 0 saturated carbocycles. The van der Waals surface area contributed by atoms with Crippen LogP contribution >= 0.6 is 0 Å². The number of hydrogen-bond donors (Lipinski definition) is 1. The maximum Gasteiger partial charge on any atom is 0.139 e. The van der Waals surface area contributed by atoms with Crippen molar-refractivity contribution in [2.45, 2.75) is 13.0 Å². The van der Waals surface area contributed by atoms with Crippen LogP contribution in [-0.2, 0) is 0 Å². The lowest BCUT2D eigenvalue weighted by Crippen LogP contribution is -3.15. The highest BCUT2D eigenvalue weighted by Gasteiger charge is 2.29. The van der Waals surface area contributed by atoms with Gasteiger partial charge < -0.3 is 4.90 Å². The normalized spacial score (nSPS) is 15.4. The van der Waals surface area contributed by atoms with Crippen molar-refractivity contribution in [3.05, 3.63) is 107 Å². The van der Waals surface area contributed by atoms with Gasteiger partial charge in [-0.15, -0.1) is 0 Å². The van der Waals surface area contributed by atoms with Crippen LogP contribution in [0.1, 0.15) is 28.3 Å². The molecule has 1 aliphatic heterocycles. The molecule has 4 rings (SSSR count). The molecule has 1 N–H and O–H groups in total. The van der Waals surface area contributed by atoms with Crippen LogP contribution in [0.4, 0.5) is 0 Å². The van der Waals surface area contributed by atoms with Gasteiger partial charge in [0.25, 0.3) is 0 Å². The molecule has 3 heteroatoms. The molecule has 1 heterocycles. The average Bonchev–Trinajstić information content (AvgIpc) is 2.76. The van der Waals surface area contributed by atoms with Gasteiger partial charge in [-0.05, 0) is 12.5 Å². The molecule has 0 bridgehead atoms. The van der Waals surface area contributed by atoms with Crippen LogP contribution in [0.15, 0.2) is 90.0 Å². The molecule has 0 unspecified atom stereocenters. The Labute approximate surface area is 167 Å². The van der Waals surface area contributed by atoms with Crippen LogP contribution in [0.5, 0.6) is 0 Å². The SMILES string of the molecule is Cc1ccc(/C=N\N2CC[NH+](C(c3ccccc3)c3ccccc3)CC2)cc1. The molecule has 1 saturated heterocycles. The number of benzene rings is 3. The number of aryl methyl sites for hydroxylation is 1. The van der Waals surface area contributed by atoms with Crippen LogP contribution in [0, 0.1) is 6.92 Å². The summed E-state index contributed by atoms with van der Waals surface area (Å²) < 4.78 is 0. The van der Waals surface area contributed by atoms with Crippen molar-refractivity contribution in [1.82, 2.24) is 5.01 Å². The summed E-state index contributed by atoms with van der Waals surface area (Å²) in [6, 6.07) is 30.7. The topological polar surface area (TPSA) is 20.0 Å². The predicted molar refractivity (Wildman–Crippen MR) is 116 cm³/mol. The Kier molecular flexibility index (Phi) is 5.83. The summed E-state index contributed by atoms with van der Waals surface area (Å²) >= 11 is 0. The van der Waals surface area contributed by atoms with Gasteiger partial charge in [0, 0.05) is 11.1 Å². The second-order valence-electron chi connectivity index (χ2n) is 7.52. The second kappa shape index (κ2) is 8.85. The lowest BCUT2D eigenvalue weighted by atomic mass is 9.96. The van der Waals surface area contributed by atoms with E-state index in [-0.39, 0.29) is 0 Å². The van der Waals surface area contributed by atoms with Gasteiger partial charge in [0.15, 0.2) is 0 Å². The summed E-state index contributed by atoms with van der Waals surface area (Å²) in [5.41, 5.74) is 5.22. The number of piperazine rings is 1. The Morgan fingerprint density at radius 1 is 0.786 bits per heavy atom. The lowest BCUT2D eigenvalue weighted by Gasteiger charge is -2.35. The average molecular weight is 371 g/mol. The molecule has 142 valence electrons. The number of quaternary nitrogens is 1. The van der Waals surface area contributed by atoms with E-state index in [0.29, 0.717) is 6.04 Å². The first-order valence-electron chi connectivity index (χ1n) is 10.1. The standard InChI is InChI=1S/C25H27N3/c1-21-12-14-22(15-13-21)20-26-28-18-16-27(17-19-28)25(23-8-4-2-5-9-23)24-10-6-3-7-11-24/h2-15,20,25H,16-19H2,1H3/p+1/b26-20-. The molecule has 3 aromatic rings. The summed E-state index contributed by atoms with van der Waals surface area (Å²) in [6.45, 7) is 6.24. The monoisotopic (exact) mass is 370 g/mol. The summed E-state index contributed by atoms with van der Waals surface area (Å²) in [6.07, 6.45) is 1.98. The van der Waals surface area contributed by atoms with Crippen molar-refractivity contribution in [2.24, 2.45) is 5.10 Å². The highest BCUT2D eigenvalue weighted by Crippen LogP contribution is 2.19. The Hall–Kier alpha value is -2.91. The molecule has 1 aliphatic rings. The molecule has 3 nitrogen and oxygen atoms in total. The van der Waals surface area contributed by atoms with Crippen molar-refractivity contribution in [2.75, 3.05) is 26.2 Å².